The fourth-order valence-corrected chi connectivity index (χ4v) is 2.26. The molecule has 6 heteroatoms. The van der Waals surface area contributed by atoms with E-state index in [-0.39, 0.29) is 5.95 Å². The van der Waals surface area contributed by atoms with Crippen LogP contribution < -0.4 is 11.5 Å². The standard InChI is InChI=1S/C14H16N6/c1-8(2)20-12-4-3-9(5-10(12)6-18-20)11-7-17-14(16)19-13(11)15/h3-8H,1-2H3,(H4,15,16,17,19). The maximum Gasteiger partial charge on any atom is 0.221 e. The third kappa shape index (κ3) is 1.95. The summed E-state index contributed by atoms with van der Waals surface area (Å²) in [7, 11) is 0. The smallest absolute Gasteiger partial charge is 0.221 e. The molecule has 4 N–H and O–H groups in total. The minimum atomic E-state index is 0.181. The van der Waals surface area contributed by atoms with Gasteiger partial charge in [-0.25, -0.2) is 4.98 Å². The van der Waals surface area contributed by atoms with Gasteiger partial charge in [-0.1, -0.05) is 6.07 Å². The summed E-state index contributed by atoms with van der Waals surface area (Å²) < 4.78 is 1.99. The van der Waals surface area contributed by atoms with Crippen LogP contribution >= 0.6 is 0 Å². The zero-order valence-electron chi connectivity index (χ0n) is 11.4. The highest BCUT2D eigenvalue weighted by atomic mass is 15.3. The van der Waals surface area contributed by atoms with E-state index in [1.54, 1.807) is 6.20 Å². The first-order valence-corrected chi connectivity index (χ1v) is 6.42. The number of benzene rings is 1. The van der Waals surface area contributed by atoms with Crippen molar-refractivity contribution in [2.75, 3.05) is 11.5 Å². The highest BCUT2D eigenvalue weighted by molar-refractivity contribution is 5.86. The van der Waals surface area contributed by atoms with Gasteiger partial charge in [-0.3, -0.25) is 4.68 Å². The quantitative estimate of drug-likeness (QED) is 0.743. The molecular weight excluding hydrogens is 252 g/mol. The molecule has 0 aliphatic carbocycles. The van der Waals surface area contributed by atoms with Gasteiger partial charge in [0.1, 0.15) is 5.82 Å². The Balaban J connectivity index is 2.14. The van der Waals surface area contributed by atoms with Gasteiger partial charge in [0.25, 0.3) is 0 Å². The minimum absolute atomic E-state index is 0.181. The SMILES string of the molecule is CC(C)n1ncc2cc(-c3cnc(N)nc3N)ccc21. The van der Waals surface area contributed by atoms with E-state index in [0.29, 0.717) is 11.9 Å². The van der Waals surface area contributed by atoms with Crippen LogP contribution in [0, 0.1) is 0 Å². The fraction of sp³-hybridized carbons (Fsp3) is 0.214. The Morgan fingerprint density at radius 3 is 2.65 bits per heavy atom. The van der Waals surface area contributed by atoms with E-state index in [2.05, 4.69) is 28.9 Å². The zero-order chi connectivity index (χ0) is 14.3. The molecule has 0 aliphatic rings. The first-order valence-electron chi connectivity index (χ1n) is 6.42. The van der Waals surface area contributed by atoms with Crippen LogP contribution in [0.15, 0.2) is 30.6 Å². The van der Waals surface area contributed by atoms with Gasteiger partial charge in [0.15, 0.2) is 0 Å². The fourth-order valence-electron chi connectivity index (χ4n) is 2.26. The van der Waals surface area contributed by atoms with Gasteiger partial charge in [0, 0.05) is 23.2 Å². The van der Waals surface area contributed by atoms with Crippen LogP contribution in [-0.2, 0) is 0 Å². The lowest BCUT2D eigenvalue weighted by atomic mass is 10.1. The Morgan fingerprint density at radius 1 is 1.15 bits per heavy atom. The molecule has 1 aromatic carbocycles. The Hall–Kier alpha value is -2.63. The number of rotatable bonds is 2. The van der Waals surface area contributed by atoms with Gasteiger partial charge in [-0.15, -0.1) is 0 Å². The molecule has 0 fully saturated rings. The van der Waals surface area contributed by atoms with Crippen molar-refractivity contribution in [2.45, 2.75) is 19.9 Å². The van der Waals surface area contributed by atoms with E-state index in [0.717, 1.165) is 22.0 Å². The summed E-state index contributed by atoms with van der Waals surface area (Å²) in [5.41, 5.74) is 14.2. The number of hydrogen-bond acceptors (Lipinski definition) is 5. The summed E-state index contributed by atoms with van der Waals surface area (Å²) >= 11 is 0. The topological polar surface area (TPSA) is 95.6 Å². The Morgan fingerprint density at radius 2 is 1.95 bits per heavy atom. The van der Waals surface area contributed by atoms with E-state index >= 15 is 0 Å². The van der Waals surface area contributed by atoms with Crippen molar-refractivity contribution in [2.24, 2.45) is 0 Å². The molecule has 102 valence electrons. The van der Waals surface area contributed by atoms with Crippen molar-refractivity contribution >= 4 is 22.7 Å². The van der Waals surface area contributed by atoms with Crippen molar-refractivity contribution in [1.29, 1.82) is 0 Å². The van der Waals surface area contributed by atoms with Crippen LogP contribution in [0.2, 0.25) is 0 Å². The predicted octanol–water partition coefficient (Wildman–Crippen LogP) is 2.24. The molecule has 0 amide bonds. The third-order valence-electron chi connectivity index (χ3n) is 3.23. The number of hydrogen-bond donors (Lipinski definition) is 2. The Labute approximate surface area is 116 Å². The largest absolute Gasteiger partial charge is 0.383 e. The Kier molecular flexibility index (Phi) is 2.78. The average molecular weight is 268 g/mol. The maximum atomic E-state index is 5.90. The predicted molar refractivity (Wildman–Crippen MR) is 80.0 cm³/mol. The van der Waals surface area contributed by atoms with E-state index in [1.807, 2.05) is 29.1 Å². The van der Waals surface area contributed by atoms with Crippen molar-refractivity contribution in [1.82, 2.24) is 19.7 Å². The first kappa shape index (κ1) is 12.4. The zero-order valence-corrected chi connectivity index (χ0v) is 11.4. The second kappa shape index (κ2) is 4.48. The molecule has 0 aliphatic heterocycles. The number of aromatic nitrogens is 4. The lowest BCUT2D eigenvalue weighted by Gasteiger charge is -2.08. The normalized spacial score (nSPS) is 11.3. The molecule has 0 spiro atoms. The highest BCUT2D eigenvalue weighted by Crippen LogP contribution is 2.28. The summed E-state index contributed by atoms with van der Waals surface area (Å²) in [6, 6.07) is 6.39. The molecule has 6 nitrogen and oxygen atoms in total. The molecule has 0 atom stereocenters. The van der Waals surface area contributed by atoms with E-state index in [1.165, 1.54) is 0 Å². The summed E-state index contributed by atoms with van der Waals surface area (Å²) in [5, 5.41) is 5.46. The van der Waals surface area contributed by atoms with Crippen molar-refractivity contribution in [3.05, 3.63) is 30.6 Å². The molecule has 20 heavy (non-hydrogen) atoms. The van der Waals surface area contributed by atoms with Crippen LogP contribution in [0.4, 0.5) is 11.8 Å². The van der Waals surface area contributed by atoms with Crippen LogP contribution in [0.1, 0.15) is 19.9 Å². The second-order valence-corrected chi connectivity index (χ2v) is 4.98. The molecule has 0 radical (unpaired) electrons. The Bertz CT molecular complexity index is 774. The minimum Gasteiger partial charge on any atom is -0.383 e. The number of fused-ring (bicyclic) bond motifs is 1. The molecule has 0 unspecified atom stereocenters. The monoisotopic (exact) mass is 268 g/mol. The van der Waals surface area contributed by atoms with Crippen LogP contribution in [0.3, 0.4) is 0 Å². The van der Waals surface area contributed by atoms with Gasteiger partial charge < -0.3 is 11.5 Å². The summed E-state index contributed by atoms with van der Waals surface area (Å²) in [4.78, 5) is 7.98. The van der Waals surface area contributed by atoms with Gasteiger partial charge in [-0.2, -0.15) is 10.1 Å². The van der Waals surface area contributed by atoms with Gasteiger partial charge >= 0.3 is 0 Å². The van der Waals surface area contributed by atoms with Gasteiger partial charge in [-0.05, 0) is 31.5 Å². The lowest BCUT2D eigenvalue weighted by molar-refractivity contribution is 0.551. The molecule has 0 saturated carbocycles. The van der Waals surface area contributed by atoms with E-state index < -0.39 is 0 Å². The number of anilines is 2. The molecule has 0 saturated heterocycles. The van der Waals surface area contributed by atoms with Crippen molar-refractivity contribution in [3.8, 4) is 11.1 Å². The summed E-state index contributed by atoms with van der Waals surface area (Å²) in [6.07, 6.45) is 3.50. The first-order chi connectivity index (χ1) is 9.56. The second-order valence-electron chi connectivity index (χ2n) is 4.98. The van der Waals surface area contributed by atoms with E-state index in [9.17, 15) is 0 Å². The number of nitrogens with two attached hydrogens (primary N) is 2. The van der Waals surface area contributed by atoms with Gasteiger partial charge in [0.05, 0.1) is 11.7 Å². The summed E-state index contributed by atoms with van der Waals surface area (Å²) in [6.45, 7) is 4.21. The number of nitrogens with zero attached hydrogens (tertiary/aromatic N) is 4. The molecule has 0 bridgehead atoms. The summed E-state index contributed by atoms with van der Waals surface area (Å²) in [5.74, 6) is 0.563. The van der Waals surface area contributed by atoms with Crippen molar-refractivity contribution < 1.29 is 0 Å². The maximum absolute atomic E-state index is 5.90. The van der Waals surface area contributed by atoms with Crippen LogP contribution in [-0.4, -0.2) is 19.7 Å². The van der Waals surface area contributed by atoms with Gasteiger partial charge in [0.2, 0.25) is 5.95 Å². The number of nitrogen functional groups attached to an aromatic ring is 2. The average Bonchev–Trinajstić information content (AvgIpc) is 2.81. The van der Waals surface area contributed by atoms with Crippen molar-refractivity contribution in [3.63, 3.8) is 0 Å². The molecule has 2 aromatic heterocycles. The van der Waals surface area contributed by atoms with E-state index in [4.69, 9.17) is 11.5 Å². The highest BCUT2D eigenvalue weighted by Gasteiger charge is 2.10. The molecule has 3 rings (SSSR count). The van der Waals surface area contributed by atoms with Crippen LogP contribution in [0.25, 0.3) is 22.0 Å². The third-order valence-corrected chi connectivity index (χ3v) is 3.23. The molecule has 2 heterocycles. The molecule has 3 aromatic rings. The lowest BCUT2D eigenvalue weighted by Crippen LogP contribution is -2.02. The van der Waals surface area contributed by atoms with Crippen LogP contribution in [0.5, 0.6) is 0 Å². The molecular formula is C14H16N6.